The van der Waals surface area contributed by atoms with E-state index < -0.39 is 6.03 Å². The predicted octanol–water partition coefficient (Wildman–Crippen LogP) is 4.53. The Kier molecular flexibility index (Phi) is 4.36. The molecule has 0 saturated carbocycles. The number of H-pyrrole nitrogens is 1. The van der Waals surface area contributed by atoms with Crippen molar-refractivity contribution in [3.63, 3.8) is 0 Å². The first-order chi connectivity index (χ1) is 13.2. The summed E-state index contributed by atoms with van der Waals surface area (Å²) >= 11 is 0. The maximum Gasteiger partial charge on any atom is 0.323 e. The molecular formula is C19H14FN5O2. The molecule has 0 saturated heterocycles. The number of hydrogen-bond acceptors (Lipinski definition) is 4. The van der Waals surface area contributed by atoms with Gasteiger partial charge in [-0.1, -0.05) is 0 Å². The zero-order chi connectivity index (χ0) is 18.6. The number of aromatic amines is 1. The Hall–Kier alpha value is -3.94. The molecule has 0 aliphatic heterocycles. The maximum atomic E-state index is 13.1. The lowest BCUT2D eigenvalue weighted by Gasteiger charge is -2.13. The van der Waals surface area contributed by atoms with Gasteiger partial charge in [0.05, 0.1) is 17.6 Å². The number of fused-ring (bicyclic) bond motifs is 1. The molecular weight excluding hydrogens is 349 g/mol. The van der Waals surface area contributed by atoms with Gasteiger partial charge >= 0.3 is 6.03 Å². The number of rotatable bonds is 4. The van der Waals surface area contributed by atoms with E-state index in [1.54, 1.807) is 48.9 Å². The van der Waals surface area contributed by atoms with Gasteiger partial charge < -0.3 is 15.4 Å². The van der Waals surface area contributed by atoms with Crippen molar-refractivity contribution in [1.82, 2.24) is 15.2 Å². The minimum Gasteiger partial charge on any atom is -0.457 e. The van der Waals surface area contributed by atoms with Crippen molar-refractivity contribution in [3.05, 3.63) is 73.1 Å². The van der Waals surface area contributed by atoms with Crippen LogP contribution in [0.25, 0.3) is 10.8 Å². The molecule has 0 bridgehead atoms. The molecule has 0 atom stereocenters. The number of hydrogen-bond donors (Lipinski definition) is 3. The van der Waals surface area contributed by atoms with Crippen molar-refractivity contribution in [2.45, 2.75) is 0 Å². The fourth-order valence-electron chi connectivity index (χ4n) is 2.59. The summed E-state index contributed by atoms with van der Waals surface area (Å²) in [6.07, 6.45) is 6.34. The highest BCUT2D eigenvalue weighted by molar-refractivity contribution is 6.07. The van der Waals surface area contributed by atoms with Gasteiger partial charge in [0.15, 0.2) is 0 Å². The Balaban J connectivity index is 1.61. The number of benzene rings is 2. The van der Waals surface area contributed by atoms with E-state index in [0.717, 1.165) is 5.39 Å². The third-order valence-corrected chi connectivity index (χ3v) is 3.82. The number of halogens is 1. The number of ether oxygens (including phenoxy) is 1. The molecule has 2 amide bonds. The molecule has 4 aromatic rings. The highest BCUT2D eigenvalue weighted by Gasteiger charge is 2.11. The summed E-state index contributed by atoms with van der Waals surface area (Å²) in [5.41, 5.74) is 1.12. The van der Waals surface area contributed by atoms with Gasteiger partial charge in [0.2, 0.25) is 0 Å². The first-order valence-electron chi connectivity index (χ1n) is 8.06. The number of nitrogens with zero attached hydrogens (tertiary/aromatic N) is 2. The fraction of sp³-hybridized carbons (Fsp3) is 0. The van der Waals surface area contributed by atoms with Gasteiger partial charge in [-0.3, -0.25) is 10.1 Å². The lowest BCUT2D eigenvalue weighted by Crippen LogP contribution is -2.19. The fourth-order valence-corrected chi connectivity index (χ4v) is 2.59. The minimum absolute atomic E-state index is 0.334. The zero-order valence-corrected chi connectivity index (χ0v) is 13.9. The summed E-state index contributed by atoms with van der Waals surface area (Å²) in [6, 6.07) is 10.6. The lowest BCUT2D eigenvalue weighted by atomic mass is 10.1. The van der Waals surface area contributed by atoms with Crippen LogP contribution < -0.4 is 15.4 Å². The average Bonchev–Trinajstić information content (AvgIpc) is 3.18. The minimum atomic E-state index is -0.409. The molecule has 0 radical (unpaired) electrons. The molecule has 4 rings (SSSR count). The molecule has 2 aromatic carbocycles. The van der Waals surface area contributed by atoms with Gasteiger partial charge in [-0.05, 0) is 42.5 Å². The summed E-state index contributed by atoms with van der Waals surface area (Å²) in [6.45, 7) is 0. The first kappa shape index (κ1) is 16.5. The Bertz CT molecular complexity index is 1080. The molecule has 8 heteroatoms. The van der Waals surface area contributed by atoms with E-state index in [1.165, 1.54) is 18.3 Å². The number of aromatic nitrogens is 3. The van der Waals surface area contributed by atoms with Crippen LogP contribution in [-0.4, -0.2) is 21.2 Å². The molecule has 3 N–H and O–H groups in total. The molecule has 27 heavy (non-hydrogen) atoms. The molecule has 0 aliphatic rings. The maximum absolute atomic E-state index is 13.1. The number of carbonyl (C=O) groups is 1. The Labute approximate surface area is 153 Å². The van der Waals surface area contributed by atoms with Gasteiger partial charge in [0.1, 0.15) is 17.3 Å². The Morgan fingerprint density at radius 2 is 1.85 bits per heavy atom. The van der Waals surface area contributed by atoms with E-state index in [1.807, 2.05) is 0 Å². The highest BCUT2D eigenvalue weighted by atomic mass is 19.1. The standard InChI is InChI=1S/C19H14FN5O2/c20-12-1-3-14(4-2-12)27-18-6-5-17(16-11-21-8-7-15(16)18)25-19(26)24-13-9-22-23-10-13/h1-11H,(H,22,23)(H2,24,25,26). The summed E-state index contributed by atoms with van der Waals surface area (Å²) in [5, 5.41) is 13.3. The summed E-state index contributed by atoms with van der Waals surface area (Å²) in [7, 11) is 0. The van der Waals surface area contributed by atoms with Crippen LogP contribution in [0.15, 0.2) is 67.3 Å². The first-order valence-corrected chi connectivity index (χ1v) is 8.06. The Morgan fingerprint density at radius 3 is 2.63 bits per heavy atom. The molecule has 0 fully saturated rings. The molecule has 0 aliphatic carbocycles. The number of amides is 2. The van der Waals surface area contributed by atoms with Crippen LogP contribution in [0.2, 0.25) is 0 Å². The zero-order valence-electron chi connectivity index (χ0n) is 13.9. The van der Waals surface area contributed by atoms with Crippen molar-refractivity contribution in [2.75, 3.05) is 10.6 Å². The summed E-state index contributed by atoms with van der Waals surface area (Å²) in [5.74, 6) is 0.743. The van der Waals surface area contributed by atoms with Crippen molar-refractivity contribution in [1.29, 1.82) is 0 Å². The van der Waals surface area contributed by atoms with Crippen molar-refractivity contribution < 1.29 is 13.9 Å². The quantitative estimate of drug-likeness (QED) is 0.497. The second kappa shape index (κ2) is 7.12. The van der Waals surface area contributed by atoms with E-state index in [-0.39, 0.29) is 5.82 Å². The third-order valence-electron chi connectivity index (χ3n) is 3.82. The van der Waals surface area contributed by atoms with Crippen LogP contribution in [0.4, 0.5) is 20.6 Å². The topological polar surface area (TPSA) is 91.9 Å². The molecule has 2 heterocycles. The third kappa shape index (κ3) is 3.69. The van der Waals surface area contributed by atoms with Gasteiger partial charge in [-0.2, -0.15) is 5.10 Å². The van der Waals surface area contributed by atoms with Crippen molar-refractivity contribution >= 4 is 28.2 Å². The number of nitrogens with one attached hydrogen (secondary N) is 3. The monoisotopic (exact) mass is 363 g/mol. The van der Waals surface area contributed by atoms with Gasteiger partial charge in [0.25, 0.3) is 0 Å². The molecule has 2 aromatic heterocycles. The van der Waals surface area contributed by atoms with Crippen LogP contribution in [0.5, 0.6) is 11.5 Å². The van der Waals surface area contributed by atoms with Crippen molar-refractivity contribution in [3.8, 4) is 11.5 Å². The second-order valence-corrected chi connectivity index (χ2v) is 5.65. The molecule has 134 valence electrons. The van der Waals surface area contributed by atoms with Gasteiger partial charge in [-0.15, -0.1) is 0 Å². The van der Waals surface area contributed by atoms with Crippen LogP contribution in [-0.2, 0) is 0 Å². The van der Waals surface area contributed by atoms with E-state index >= 15 is 0 Å². The second-order valence-electron chi connectivity index (χ2n) is 5.65. The smallest absolute Gasteiger partial charge is 0.323 e. The number of anilines is 2. The number of pyridine rings is 1. The SMILES string of the molecule is O=C(Nc1cn[nH]c1)Nc1ccc(Oc2ccc(F)cc2)c2ccncc12. The normalized spacial score (nSPS) is 10.6. The van der Waals surface area contributed by atoms with E-state index in [4.69, 9.17) is 4.74 Å². The van der Waals surface area contributed by atoms with Crippen LogP contribution >= 0.6 is 0 Å². The van der Waals surface area contributed by atoms with Crippen LogP contribution in [0, 0.1) is 5.82 Å². The number of carbonyl (C=O) groups excluding carboxylic acids is 1. The molecule has 0 unspecified atom stereocenters. The van der Waals surface area contributed by atoms with Crippen molar-refractivity contribution in [2.24, 2.45) is 0 Å². The van der Waals surface area contributed by atoms with E-state index in [9.17, 15) is 9.18 Å². The summed E-state index contributed by atoms with van der Waals surface area (Å²) in [4.78, 5) is 16.3. The lowest BCUT2D eigenvalue weighted by molar-refractivity contribution is 0.262. The van der Waals surface area contributed by atoms with Crippen LogP contribution in [0.3, 0.4) is 0 Å². The van der Waals surface area contributed by atoms with E-state index in [2.05, 4.69) is 25.8 Å². The molecule has 7 nitrogen and oxygen atoms in total. The van der Waals surface area contributed by atoms with Crippen LogP contribution in [0.1, 0.15) is 0 Å². The van der Waals surface area contributed by atoms with E-state index in [0.29, 0.717) is 28.3 Å². The highest BCUT2D eigenvalue weighted by Crippen LogP contribution is 2.34. The van der Waals surface area contributed by atoms with Gasteiger partial charge in [-0.25, -0.2) is 9.18 Å². The number of urea groups is 1. The largest absolute Gasteiger partial charge is 0.457 e. The van der Waals surface area contributed by atoms with Gasteiger partial charge in [0, 0.05) is 29.4 Å². The Morgan fingerprint density at radius 1 is 1.00 bits per heavy atom. The predicted molar refractivity (Wildman–Crippen MR) is 99.4 cm³/mol. The average molecular weight is 363 g/mol. The summed E-state index contributed by atoms with van der Waals surface area (Å²) < 4.78 is 18.9. The molecule has 0 spiro atoms.